The zero-order valence-electron chi connectivity index (χ0n) is 17.2. The van der Waals surface area contributed by atoms with E-state index in [1.165, 1.54) is 6.07 Å². The molecule has 0 radical (unpaired) electrons. The second-order valence-corrected chi connectivity index (χ2v) is 8.07. The van der Waals surface area contributed by atoms with Crippen molar-refractivity contribution >= 4 is 23.0 Å². The lowest BCUT2D eigenvalue weighted by molar-refractivity contribution is -0.383. The lowest BCUT2D eigenvalue weighted by Gasteiger charge is -2.41. The van der Waals surface area contributed by atoms with E-state index in [4.69, 9.17) is 5.73 Å². The molecule has 1 amide bonds. The van der Waals surface area contributed by atoms with E-state index in [1.807, 2.05) is 42.3 Å². The number of nitrogens with zero attached hydrogens (tertiary/aromatic N) is 4. The van der Waals surface area contributed by atoms with Gasteiger partial charge in [0.15, 0.2) is 0 Å². The molecular formula is C22H27N5O3. The van der Waals surface area contributed by atoms with Gasteiger partial charge in [-0.15, -0.1) is 0 Å². The van der Waals surface area contributed by atoms with E-state index in [-0.39, 0.29) is 23.3 Å². The highest BCUT2D eigenvalue weighted by molar-refractivity contribution is 6.02. The number of hydrogen-bond donors (Lipinski definition) is 1. The Hall–Kier alpha value is -3.13. The van der Waals surface area contributed by atoms with Crippen molar-refractivity contribution < 1.29 is 9.72 Å². The van der Waals surface area contributed by atoms with Crippen molar-refractivity contribution in [1.29, 1.82) is 0 Å². The van der Waals surface area contributed by atoms with Crippen LogP contribution in [0.3, 0.4) is 0 Å². The molecule has 158 valence electrons. The van der Waals surface area contributed by atoms with E-state index < -0.39 is 4.92 Å². The third-order valence-corrected chi connectivity index (χ3v) is 6.05. The minimum absolute atomic E-state index is 0.0939. The number of nitrogens with two attached hydrogens (primary N) is 1. The third kappa shape index (κ3) is 3.82. The number of rotatable bonds is 4. The second-order valence-electron chi connectivity index (χ2n) is 8.07. The average Bonchev–Trinajstić information content (AvgIpc) is 3.28. The molecule has 2 aromatic carbocycles. The first-order valence-corrected chi connectivity index (χ1v) is 10.3. The highest BCUT2D eigenvalue weighted by Crippen LogP contribution is 2.36. The minimum atomic E-state index is -0.515. The Labute approximate surface area is 176 Å². The quantitative estimate of drug-likeness (QED) is 0.474. The molecule has 8 nitrogen and oxygen atoms in total. The van der Waals surface area contributed by atoms with Crippen molar-refractivity contribution in [1.82, 2.24) is 9.80 Å². The number of benzene rings is 2. The predicted molar refractivity (Wildman–Crippen MR) is 117 cm³/mol. The van der Waals surface area contributed by atoms with Crippen molar-refractivity contribution in [2.24, 2.45) is 0 Å². The molecule has 2 fully saturated rings. The Morgan fingerprint density at radius 1 is 1.10 bits per heavy atom. The molecule has 2 aliphatic heterocycles. The molecule has 8 heteroatoms. The lowest BCUT2D eigenvalue weighted by atomic mass is 10.00. The Bertz CT molecular complexity index is 943. The number of anilines is 2. The molecule has 30 heavy (non-hydrogen) atoms. The number of nitrogen functional groups attached to an aromatic ring is 1. The van der Waals surface area contributed by atoms with E-state index in [2.05, 4.69) is 9.80 Å². The molecule has 0 bridgehead atoms. The summed E-state index contributed by atoms with van der Waals surface area (Å²) in [7, 11) is 2.04. The Morgan fingerprint density at radius 2 is 1.80 bits per heavy atom. The van der Waals surface area contributed by atoms with Crippen molar-refractivity contribution in [3.8, 4) is 0 Å². The summed E-state index contributed by atoms with van der Waals surface area (Å²) in [6.45, 7) is 3.67. The van der Waals surface area contributed by atoms with Crippen LogP contribution in [0.2, 0.25) is 0 Å². The Kier molecular flexibility index (Phi) is 5.59. The van der Waals surface area contributed by atoms with Gasteiger partial charge >= 0.3 is 0 Å². The molecule has 2 aliphatic rings. The SMILES string of the molecule is CN1CCN(C(=O)c2cc([N+](=O)[O-])c(N)cc2N2CCCC2)[C@@H](c2ccccc2)C1. The van der Waals surface area contributed by atoms with Gasteiger partial charge in [0.2, 0.25) is 0 Å². The normalized spacial score (nSPS) is 19.8. The lowest BCUT2D eigenvalue weighted by Crippen LogP contribution is -2.49. The summed E-state index contributed by atoms with van der Waals surface area (Å²) in [5, 5.41) is 11.5. The average molecular weight is 409 g/mol. The fraction of sp³-hybridized carbons (Fsp3) is 0.409. The van der Waals surface area contributed by atoms with Gasteiger partial charge < -0.3 is 20.4 Å². The maximum absolute atomic E-state index is 13.8. The second kappa shape index (κ2) is 8.31. The van der Waals surface area contributed by atoms with Crippen LogP contribution in [0.5, 0.6) is 0 Å². The van der Waals surface area contributed by atoms with Crippen molar-refractivity contribution in [3.05, 3.63) is 63.7 Å². The summed E-state index contributed by atoms with van der Waals surface area (Å²) in [6.07, 6.45) is 2.07. The van der Waals surface area contributed by atoms with Gasteiger partial charge in [-0.3, -0.25) is 14.9 Å². The van der Waals surface area contributed by atoms with Crippen LogP contribution in [-0.2, 0) is 0 Å². The van der Waals surface area contributed by atoms with Crippen LogP contribution < -0.4 is 10.6 Å². The van der Waals surface area contributed by atoms with Gasteiger partial charge in [-0.25, -0.2) is 0 Å². The summed E-state index contributed by atoms with van der Waals surface area (Å²) in [4.78, 5) is 30.9. The van der Waals surface area contributed by atoms with Crippen molar-refractivity contribution in [3.63, 3.8) is 0 Å². The van der Waals surface area contributed by atoms with Crippen molar-refractivity contribution in [2.75, 3.05) is 50.4 Å². The standard InChI is InChI=1S/C22H27N5O3/c1-24-11-12-26(21(15-24)16-7-3-2-4-8-16)22(28)17-13-20(27(29)30)18(23)14-19(17)25-9-5-6-10-25/h2-4,7-8,13-14,21H,5-6,9-12,15,23H2,1H3/t21-/m1/s1. The predicted octanol–water partition coefficient (Wildman–Crippen LogP) is 2.91. The number of carbonyl (C=O) groups is 1. The zero-order chi connectivity index (χ0) is 21.3. The number of piperazine rings is 1. The molecule has 0 saturated carbocycles. The number of nitro groups is 1. The molecule has 0 aliphatic carbocycles. The van der Waals surface area contributed by atoms with E-state index in [0.717, 1.165) is 38.0 Å². The van der Waals surface area contributed by atoms with Crippen LogP contribution >= 0.6 is 0 Å². The molecule has 1 atom stereocenters. The maximum atomic E-state index is 13.8. The zero-order valence-corrected chi connectivity index (χ0v) is 17.2. The summed E-state index contributed by atoms with van der Waals surface area (Å²) < 4.78 is 0. The van der Waals surface area contributed by atoms with E-state index in [1.54, 1.807) is 6.07 Å². The first-order valence-electron chi connectivity index (χ1n) is 10.3. The maximum Gasteiger partial charge on any atom is 0.293 e. The van der Waals surface area contributed by atoms with Crippen LogP contribution in [0.4, 0.5) is 17.1 Å². The monoisotopic (exact) mass is 409 g/mol. The van der Waals surface area contributed by atoms with Gasteiger partial charge in [-0.2, -0.15) is 0 Å². The van der Waals surface area contributed by atoms with Gasteiger partial charge in [-0.05, 0) is 31.5 Å². The molecule has 0 aromatic heterocycles. The largest absolute Gasteiger partial charge is 0.393 e. The third-order valence-electron chi connectivity index (χ3n) is 6.05. The number of amides is 1. The van der Waals surface area contributed by atoms with Crippen LogP contribution in [0, 0.1) is 10.1 Å². The summed E-state index contributed by atoms with van der Waals surface area (Å²) >= 11 is 0. The fourth-order valence-electron chi connectivity index (χ4n) is 4.42. The highest BCUT2D eigenvalue weighted by Gasteiger charge is 2.34. The minimum Gasteiger partial charge on any atom is -0.393 e. The first-order chi connectivity index (χ1) is 14.5. The summed E-state index contributed by atoms with van der Waals surface area (Å²) in [6, 6.07) is 12.8. The van der Waals surface area contributed by atoms with E-state index in [0.29, 0.717) is 24.3 Å². The molecule has 2 N–H and O–H groups in total. The number of nitro benzene ring substituents is 1. The Balaban J connectivity index is 1.76. The number of likely N-dealkylation sites (N-methyl/N-ethyl adjacent to an activating group) is 1. The fourth-order valence-corrected chi connectivity index (χ4v) is 4.42. The molecule has 2 aromatic rings. The van der Waals surface area contributed by atoms with Crippen molar-refractivity contribution in [2.45, 2.75) is 18.9 Å². The smallest absolute Gasteiger partial charge is 0.293 e. The van der Waals surface area contributed by atoms with E-state index in [9.17, 15) is 14.9 Å². The molecular weight excluding hydrogens is 382 g/mol. The summed E-state index contributed by atoms with van der Waals surface area (Å²) in [5.41, 5.74) is 7.98. The van der Waals surface area contributed by atoms with Gasteiger partial charge in [0, 0.05) is 38.8 Å². The molecule has 2 saturated heterocycles. The van der Waals surface area contributed by atoms with Crippen LogP contribution in [0.15, 0.2) is 42.5 Å². The number of carbonyl (C=O) groups excluding carboxylic acids is 1. The Morgan fingerprint density at radius 3 is 2.47 bits per heavy atom. The van der Waals surface area contributed by atoms with E-state index >= 15 is 0 Å². The summed E-state index contributed by atoms with van der Waals surface area (Å²) in [5.74, 6) is -0.179. The topological polar surface area (TPSA) is 95.9 Å². The van der Waals surface area contributed by atoms with Gasteiger partial charge in [-0.1, -0.05) is 30.3 Å². The molecule has 0 spiro atoms. The highest BCUT2D eigenvalue weighted by atomic mass is 16.6. The first kappa shape index (κ1) is 20.2. The van der Waals surface area contributed by atoms with Crippen LogP contribution in [0.25, 0.3) is 0 Å². The molecule has 4 rings (SSSR count). The molecule has 2 heterocycles. The van der Waals surface area contributed by atoms with Gasteiger partial charge in [0.25, 0.3) is 11.6 Å². The van der Waals surface area contributed by atoms with Gasteiger partial charge in [0.05, 0.1) is 22.2 Å². The van der Waals surface area contributed by atoms with Crippen LogP contribution in [0.1, 0.15) is 34.8 Å². The number of hydrogen-bond acceptors (Lipinski definition) is 6. The van der Waals surface area contributed by atoms with Crippen LogP contribution in [-0.4, -0.2) is 60.4 Å². The molecule has 0 unspecified atom stereocenters. The van der Waals surface area contributed by atoms with Gasteiger partial charge in [0.1, 0.15) is 5.69 Å².